The van der Waals surface area contributed by atoms with Gasteiger partial charge in [-0.15, -0.1) is 11.8 Å². The first-order valence-electron chi connectivity index (χ1n) is 13.7. The number of thioether (sulfide) groups is 1. The number of sulfonamides is 1. The average molecular weight is 596 g/mol. The molecule has 3 aromatic carbocycles. The van der Waals surface area contributed by atoms with Gasteiger partial charge < -0.3 is 10.2 Å². The maximum Gasteiger partial charge on any atom is 0.264 e. The minimum absolute atomic E-state index is 0.0895. The van der Waals surface area contributed by atoms with Crippen molar-refractivity contribution in [2.75, 3.05) is 17.1 Å². The Hall–Kier alpha value is -3.30. The van der Waals surface area contributed by atoms with E-state index in [1.807, 2.05) is 84.2 Å². The van der Waals surface area contributed by atoms with E-state index in [2.05, 4.69) is 5.32 Å². The van der Waals surface area contributed by atoms with Gasteiger partial charge in [0.15, 0.2) is 0 Å². The molecule has 0 spiro atoms. The number of rotatable bonds is 11. The first kappa shape index (κ1) is 32.2. The summed E-state index contributed by atoms with van der Waals surface area (Å²) in [4.78, 5) is 30.2. The Balaban J connectivity index is 2.08. The van der Waals surface area contributed by atoms with Crippen LogP contribution in [0.5, 0.6) is 0 Å². The molecule has 2 amide bonds. The summed E-state index contributed by atoms with van der Waals surface area (Å²) in [5.74, 6) is -0.742. The van der Waals surface area contributed by atoms with Crippen molar-refractivity contribution in [3.63, 3.8) is 0 Å². The quantitative estimate of drug-likeness (QED) is 0.277. The van der Waals surface area contributed by atoms with Crippen LogP contribution in [-0.2, 0) is 26.2 Å². The van der Waals surface area contributed by atoms with Gasteiger partial charge in [0, 0.05) is 17.0 Å². The highest BCUT2D eigenvalue weighted by atomic mass is 32.2. The summed E-state index contributed by atoms with van der Waals surface area (Å²) in [7, 11) is -4.11. The molecular formula is C32H41N3O4S2. The number of nitrogens with one attached hydrogen (secondary N) is 1. The van der Waals surface area contributed by atoms with Gasteiger partial charge in [-0.05, 0) is 94.8 Å². The topological polar surface area (TPSA) is 86.8 Å². The van der Waals surface area contributed by atoms with Gasteiger partial charge in [-0.2, -0.15) is 0 Å². The molecule has 9 heteroatoms. The molecule has 0 saturated carbocycles. The van der Waals surface area contributed by atoms with Crippen LogP contribution in [0.25, 0.3) is 0 Å². The second-order valence-corrected chi connectivity index (χ2v) is 13.9. The molecule has 3 aromatic rings. The Morgan fingerprint density at radius 2 is 1.54 bits per heavy atom. The molecule has 0 heterocycles. The molecule has 41 heavy (non-hydrogen) atoms. The second kappa shape index (κ2) is 13.6. The monoisotopic (exact) mass is 595 g/mol. The third kappa shape index (κ3) is 8.36. The molecular weight excluding hydrogens is 555 g/mol. The summed E-state index contributed by atoms with van der Waals surface area (Å²) in [5.41, 5.74) is 2.71. The normalized spacial score (nSPS) is 12.5. The minimum atomic E-state index is -4.11. The van der Waals surface area contributed by atoms with Crippen LogP contribution in [0.3, 0.4) is 0 Å². The number of amides is 2. The van der Waals surface area contributed by atoms with E-state index in [1.54, 1.807) is 36.4 Å². The number of hydrogen-bond donors (Lipinski definition) is 1. The van der Waals surface area contributed by atoms with Gasteiger partial charge in [0.1, 0.15) is 12.6 Å². The number of anilines is 1. The highest BCUT2D eigenvalue weighted by Gasteiger charge is 2.34. The van der Waals surface area contributed by atoms with E-state index >= 15 is 0 Å². The number of hydrogen-bond acceptors (Lipinski definition) is 5. The van der Waals surface area contributed by atoms with Crippen molar-refractivity contribution in [3.05, 3.63) is 89.5 Å². The molecule has 0 aromatic heterocycles. The molecule has 3 rings (SSSR count). The van der Waals surface area contributed by atoms with E-state index in [4.69, 9.17) is 0 Å². The standard InChI is InChI=1S/C32H41N3O4S2/c1-8-29(31(37)33-32(4,5)6)34(21-25-12-10-9-11-24(25)3)30(36)22-35(26-15-13-23(2)14-16-26)41(38,39)28-19-17-27(40-7)18-20-28/h9-20,29H,8,21-22H2,1-7H3,(H,33,37). The third-order valence-corrected chi connectivity index (χ3v) is 9.27. The summed E-state index contributed by atoms with van der Waals surface area (Å²) in [6.45, 7) is 11.1. The van der Waals surface area contributed by atoms with Crippen molar-refractivity contribution in [1.29, 1.82) is 0 Å². The predicted octanol–water partition coefficient (Wildman–Crippen LogP) is 5.94. The predicted molar refractivity (Wildman–Crippen MR) is 168 cm³/mol. The fourth-order valence-corrected chi connectivity index (χ4v) is 6.28. The molecule has 1 unspecified atom stereocenters. The molecule has 1 atom stereocenters. The number of carbonyl (C=O) groups excluding carboxylic acids is 2. The van der Waals surface area contributed by atoms with E-state index in [9.17, 15) is 18.0 Å². The molecule has 0 bridgehead atoms. The van der Waals surface area contributed by atoms with Gasteiger partial charge >= 0.3 is 0 Å². The fraction of sp³-hybridized carbons (Fsp3) is 0.375. The molecule has 0 radical (unpaired) electrons. The Labute approximate surface area is 249 Å². The van der Waals surface area contributed by atoms with Crippen molar-refractivity contribution in [3.8, 4) is 0 Å². The second-order valence-electron chi connectivity index (χ2n) is 11.1. The summed E-state index contributed by atoms with van der Waals surface area (Å²) in [6, 6.07) is 20.6. The molecule has 1 N–H and O–H groups in total. The molecule has 0 aliphatic heterocycles. The zero-order valence-corrected chi connectivity index (χ0v) is 26.6. The van der Waals surface area contributed by atoms with Crippen LogP contribution in [0.4, 0.5) is 5.69 Å². The van der Waals surface area contributed by atoms with Crippen molar-refractivity contribution in [2.24, 2.45) is 0 Å². The lowest BCUT2D eigenvalue weighted by atomic mass is 10.0. The lowest BCUT2D eigenvalue weighted by Crippen LogP contribution is -2.55. The largest absolute Gasteiger partial charge is 0.350 e. The van der Waals surface area contributed by atoms with Gasteiger partial charge in [-0.3, -0.25) is 13.9 Å². The minimum Gasteiger partial charge on any atom is -0.350 e. The Morgan fingerprint density at radius 1 is 0.927 bits per heavy atom. The fourth-order valence-electron chi connectivity index (χ4n) is 4.46. The van der Waals surface area contributed by atoms with Crippen LogP contribution in [0.15, 0.2) is 82.6 Å². The van der Waals surface area contributed by atoms with Crippen LogP contribution >= 0.6 is 11.8 Å². The van der Waals surface area contributed by atoms with Crippen LogP contribution in [0, 0.1) is 13.8 Å². The van der Waals surface area contributed by atoms with Gasteiger partial charge in [-0.1, -0.05) is 48.9 Å². The first-order chi connectivity index (χ1) is 19.3. The SMILES string of the molecule is CCC(C(=O)NC(C)(C)C)N(Cc1ccccc1C)C(=O)CN(c1ccc(C)cc1)S(=O)(=O)c1ccc(SC)cc1. The number of carbonyl (C=O) groups is 2. The first-order valence-corrected chi connectivity index (χ1v) is 16.3. The van der Waals surface area contributed by atoms with Gasteiger partial charge in [0.25, 0.3) is 10.0 Å². The molecule has 0 aliphatic rings. The highest BCUT2D eigenvalue weighted by molar-refractivity contribution is 7.98. The number of benzene rings is 3. The molecule has 0 fully saturated rings. The van der Waals surface area contributed by atoms with Crippen LogP contribution < -0.4 is 9.62 Å². The molecule has 7 nitrogen and oxygen atoms in total. The third-order valence-electron chi connectivity index (χ3n) is 6.73. The maximum absolute atomic E-state index is 14.2. The highest BCUT2D eigenvalue weighted by Crippen LogP contribution is 2.27. The average Bonchev–Trinajstić information content (AvgIpc) is 2.92. The number of aryl methyl sites for hydroxylation is 2. The van der Waals surface area contributed by atoms with Crippen LogP contribution in [0.1, 0.15) is 50.8 Å². The lowest BCUT2D eigenvalue weighted by molar-refractivity contribution is -0.141. The van der Waals surface area contributed by atoms with E-state index in [0.717, 1.165) is 25.9 Å². The Kier molecular flexibility index (Phi) is 10.7. The van der Waals surface area contributed by atoms with Gasteiger partial charge in [-0.25, -0.2) is 8.42 Å². The van der Waals surface area contributed by atoms with Crippen LogP contribution in [-0.4, -0.2) is 49.5 Å². The smallest absolute Gasteiger partial charge is 0.264 e. The molecule has 0 saturated heterocycles. The van der Waals surface area contributed by atoms with Gasteiger partial charge in [0.05, 0.1) is 10.6 Å². The lowest BCUT2D eigenvalue weighted by Gasteiger charge is -2.35. The summed E-state index contributed by atoms with van der Waals surface area (Å²) in [6.07, 6.45) is 2.29. The zero-order chi connectivity index (χ0) is 30.4. The van der Waals surface area contributed by atoms with E-state index < -0.39 is 34.1 Å². The van der Waals surface area contributed by atoms with E-state index in [0.29, 0.717) is 12.1 Å². The van der Waals surface area contributed by atoms with E-state index in [1.165, 1.54) is 16.7 Å². The Bertz CT molecular complexity index is 1450. The van der Waals surface area contributed by atoms with Crippen LogP contribution in [0.2, 0.25) is 0 Å². The molecule has 0 aliphatic carbocycles. The summed E-state index contributed by atoms with van der Waals surface area (Å²) >= 11 is 1.52. The Morgan fingerprint density at radius 3 is 2.07 bits per heavy atom. The van der Waals surface area contributed by atoms with Gasteiger partial charge in [0.2, 0.25) is 11.8 Å². The maximum atomic E-state index is 14.2. The van der Waals surface area contributed by atoms with Crippen molar-refractivity contribution in [1.82, 2.24) is 10.2 Å². The summed E-state index contributed by atoms with van der Waals surface area (Å²) < 4.78 is 29.2. The number of nitrogens with zero attached hydrogens (tertiary/aromatic N) is 2. The van der Waals surface area contributed by atoms with E-state index in [-0.39, 0.29) is 17.3 Å². The zero-order valence-electron chi connectivity index (χ0n) is 25.0. The van der Waals surface area contributed by atoms with Crippen molar-refractivity contribution < 1.29 is 18.0 Å². The van der Waals surface area contributed by atoms with Crippen molar-refractivity contribution in [2.45, 2.75) is 75.9 Å². The molecule has 220 valence electrons. The van der Waals surface area contributed by atoms with Crippen molar-refractivity contribution >= 4 is 39.3 Å². The summed E-state index contributed by atoms with van der Waals surface area (Å²) in [5, 5.41) is 3.00.